The number of benzene rings is 2. The van der Waals surface area contributed by atoms with Crippen LogP contribution in [0.3, 0.4) is 0 Å². The number of ether oxygens (including phenoxy) is 2. The minimum absolute atomic E-state index is 0.0107. The summed E-state index contributed by atoms with van der Waals surface area (Å²) in [5.74, 6) is 1.19. The van der Waals surface area contributed by atoms with E-state index in [1.165, 1.54) is 23.1 Å². The van der Waals surface area contributed by atoms with Crippen LogP contribution in [0.5, 0.6) is 11.5 Å². The Morgan fingerprint density at radius 3 is 2.78 bits per heavy atom. The van der Waals surface area contributed by atoms with Crippen LogP contribution < -0.4 is 14.9 Å². The summed E-state index contributed by atoms with van der Waals surface area (Å²) in [5.41, 5.74) is 5.13. The van der Waals surface area contributed by atoms with Crippen LogP contribution in [-0.4, -0.2) is 36.1 Å². The second-order valence-electron chi connectivity index (χ2n) is 6.79. The van der Waals surface area contributed by atoms with E-state index in [0.29, 0.717) is 16.5 Å². The Hall–Kier alpha value is -2.07. The zero-order chi connectivity index (χ0) is 23.1. The van der Waals surface area contributed by atoms with Crippen LogP contribution in [0, 0.1) is 0 Å². The van der Waals surface area contributed by atoms with Gasteiger partial charge in [0, 0.05) is 16.0 Å². The molecule has 0 aliphatic heterocycles. The number of rotatable bonds is 9. The molecule has 10 heteroatoms. The van der Waals surface area contributed by atoms with E-state index in [9.17, 15) is 4.79 Å². The standard InChI is InChI=1S/C22H21BrClN3O3S2/c1-13(2)30-21-17(23)8-14(9-19(21)29-3)10-25-27-20(28)12-32-22-26-18(11-31-22)15-4-6-16(24)7-5-15/h4-11,13H,12H2,1-3H3,(H,27,28)/b25-10+. The first-order chi connectivity index (χ1) is 15.4. The van der Waals surface area contributed by atoms with Crippen LogP contribution in [0.25, 0.3) is 11.3 Å². The van der Waals surface area contributed by atoms with E-state index in [0.717, 1.165) is 25.6 Å². The third-order valence-electron chi connectivity index (χ3n) is 3.96. The molecular formula is C22H21BrClN3O3S2. The molecule has 0 radical (unpaired) electrons. The van der Waals surface area contributed by atoms with Gasteiger partial charge in [-0.1, -0.05) is 35.5 Å². The van der Waals surface area contributed by atoms with Gasteiger partial charge < -0.3 is 9.47 Å². The lowest BCUT2D eigenvalue weighted by Gasteiger charge is -2.15. The molecule has 0 atom stereocenters. The summed E-state index contributed by atoms with van der Waals surface area (Å²) in [4.78, 5) is 16.7. The van der Waals surface area contributed by atoms with Crippen molar-refractivity contribution < 1.29 is 14.3 Å². The Balaban J connectivity index is 1.54. The van der Waals surface area contributed by atoms with Crippen LogP contribution in [0.15, 0.2) is 55.7 Å². The molecule has 32 heavy (non-hydrogen) atoms. The summed E-state index contributed by atoms with van der Waals surface area (Å²) >= 11 is 12.3. The van der Waals surface area contributed by atoms with Crippen molar-refractivity contribution in [2.45, 2.75) is 24.3 Å². The Morgan fingerprint density at radius 1 is 1.34 bits per heavy atom. The highest BCUT2D eigenvalue weighted by molar-refractivity contribution is 9.10. The molecule has 168 valence electrons. The van der Waals surface area contributed by atoms with Gasteiger partial charge in [-0.15, -0.1) is 11.3 Å². The van der Waals surface area contributed by atoms with Crippen LogP contribution in [0.2, 0.25) is 5.02 Å². The van der Waals surface area contributed by atoms with E-state index in [2.05, 4.69) is 31.4 Å². The maximum absolute atomic E-state index is 12.1. The maximum atomic E-state index is 12.1. The monoisotopic (exact) mass is 553 g/mol. The van der Waals surface area contributed by atoms with Crippen molar-refractivity contribution in [1.82, 2.24) is 10.4 Å². The van der Waals surface area contributed by atoms with E-state index < -0.39 is 0 Å². The molecule has 0 spiro atoms. The topological polar surface area (TPSA) is 72.8 Å². The molecule has 3 rings (SSSR count). The molecule has 0 saturated carbocycles. The molecule has 0 saturated heterocycles. The minimum Gasteiger partial charge on any atom is -0.493 e. The predicted molar refractivity (Wildman–Crippen MR) is 135 cm³/mol. The average molecular weight is 555 g/mol. The summed E-state index contributed by atoms with van der Waals surface area (Å²) in [6.45, 7) is 3.89. The smallest absolute Gasteiger partial charge is 0.250 e. The molecule has 0 aliphatic rings. The number of nitrogens with zero attached hydrogens (tertiary/aromatic N) is 2. The van der Waals surface area contributed by atoms with Gasteiger partial charge in [0.2, 0.25) is 0 Å². The zero-order valence-corrected chi connectivity index (χ0v) is 21.6. The van der Waals surface area contributed by atoms with Crippen LogP contribution in [-0.2, 0) is 4.79 Å². The summed E-state index contributed by atoms with van der Waals surface area (Å²) in [7, 11) is 1.58. The average Bonchev–Trinajstić information content (AvgIpc) is 3.23. The number of carbonyl (C=O) groups is 1. The van der Waals surface area contributed by atoms with Crippen molar-refractivity contribution >= 4 is 62.8 Å². The fourth-order valence-corrected chi connectivity index (χ4v) is 4.89. The van der Waals surface area contributed by atoms with Crippen LogP contribution in [0.1, 0.15) is 19.4 Å². The van der Waals surface area contributed by atoms with Crippen molar-refractivity contribution in [3.05, 3.63) is 56.8 Å². The molecule has 0 aliphatic carbocycles. The number of thioether (sulfide) groups is 1. The second kappa shape index (κ2) is 11.7. The number of amides is 1. The number of nitrogens with one attached hydrogen (secondary N) is 1. The molecule has 1 heterocycles. The van der Waals surface area contributed by atoms with E-state index in [1.54, 1.807) is 19.4 Å². The van der Waals surface area contributed by atoms with E-state index in [1.807, 2.05) is 49.6 Å². The Labute approximate surface area is 208 Å². The van der Waals surface area contributed by atoms with Gasteiger partial charge >= 0.3 is 0 Å². The Bertz CT molecular complexity index is 1100. The van der Waals surface area contributed by atoms with Crippen molar-refractivity contribution in [3.63, 3.8) is 0 Å². The van der Waals surface area contributed by atoms with Crippen molar-refractivity contribution in [3.8, 4) is 22.8 Å². The number of hydrazone groups is 1. The lowest BCUT2D eigenvalue weighted by Crippen LogP contribution is -2.19. The summed E-state index contributed by atoms with van der Waals surface area (Å²) in [6, 6.07) is 11.1. The predicted octanol–water partition coefficient (Wildman–Crippen LogP) is 6.26. The minimum atomic E-state index is -0.222. The zero-order valence-electron chi connectivity index (χ0n) is 17.6. The summed E-state index contributed by atoms with van der Waals surface area (Å²) in [6.07, 6.45) is 1.56. The number of methoxy groups -OCH3 is 1. The molecule has 0 bridgehead atoms. The van der Waals surface area contributed by atoms with Crippen LogP contribution in [0.4, 0.5) is 0 Å². The fourth-order valence-electron chi connectivity index (χ4n) is 2.58. The number of aromatic nitrogens is 1. The fraction of sp³-hybridized carbons (Fsp3) is 0.227. The van der Waals surface area contributed by atoms with Gasteiger partial charge in [0.25, 0.3) is 5.91 Å². The normalized spacial score (nSPS) is 11.2. The van der Waals surface area contributed by atoms with Crippen LogP contribution >= 0.6 is 50.6 Å². The lowest BCUT2D eigenvalue weighted by atomic mass is 10.2. The van der Waals surface area contributed by atoms with Gasteiger partial charge in [-0.25, -0.2) is 10.4 Å². The quantitative estimate of drug-likeness (QED) is 0.192. The third-order valence-corrected chi connectivity index (χ3v) is 6.82. The van der Waals surface area contributed by atoms with E-state index >= 15 is 0 Å². The van der Waals surface area contributed by atoms with Gasteiger partial charge in [-0.05, 0) is 59.6 Å². The number of hydrogen-bond donors (Lipinski definition) is 1. The van der Waals surface area contributed by atoms with Gasteiger partial charge in [0.05, 0.1) is 35.3 Å². The second-order valence-corrected chi connectivity index (χ2v) is 10.2. The Morgan fingerprint density at radius 2 is 2.09 bits per heavy atom. The van der Waals surface area contributed by atoms with Gasteiger partial charge in [0.15, 0.2) is 15.8 Å². The lowest BCUT2D eigenvalue weighted by molar-refractivity contribution is -0.118. The summed E-state index contributed by atoms with van der Waals surface area (Å²) < 4.78 is 12.7. The molecule has 0 unspecified atom stereocenters. The molecular weight excluding hydrogens is 534 g/mol. The molecule has 1 aromatic heterocycles. The highest BCUT2D eigenvalue weighted by Gasteiger charge is 2.13. The van der Waals surface area contributed by atoms with Gasteiger partial charge in [0.1, 0.15) is 0 Å². The molecule has 6 nitrogen and oxygen atoms in total. The first-order valence-corrected chi connectivity index (χ1v) is 12.6. The van der Waals surface area contributed by atoms with E-state index in [4.69, 9.17) is 21.1 Å². The maximum Gasteiger partial charge on any atom is 0.250 e. The van der Waals surface area contributed by atoms with E-state index in [-0.39, 0.29) is 17.8 Å². The largest absolute Gasteiger partial charge is 0.493 e. The highest BCUT2D eigenvalue weighted by atomic mass is 79.9. The number of thiazole rings is 1. The molecule has 1 amide bonds. The van der Waals surface area contributed by atoms with Crippen molar-refractivity contribution in [2.75, 3.05) is 12.9 Å². The number of halogens is 2. The number of carbonyl (C=O) groups excluding carboxylic acids is 1. The molecule has 0 fully saturated rings. The summed E-state index contributed by atoms with van der Waals surface area (Å²) in [5, 5.41) is 6.68. The van der Waals surface area contributed by atoms with Gasteiger partial charge in [-0.2, -0.15) is 5.10 Å². The SMILES string of the molecule is COc1cc(/C=N/NC(=O)CSc2nc(-c3ccc(Cl)cc3)cs2)cc(Br)c1OC(C)C. The highest BCUT2D eigenvalue weighted by Crippen LogP contribution is 2.37. The third kappa shape index (κ3) is 6.96. The molecule has 3 aromatic rings. The molecule has 2 aromatic carbocycles. The van der Waals surface area contributed by atoms with Crippen molar-refractivity contribution in [1.29, 1.82) is 0 Å². The first kappa shape index (κ1) is 24.6. The molecule has 1 N–H and O–H groups in total. The van der Waals surface area contributed by atoms with Crippen molar-refractivity contribution in [2.24, 2.45) is 5.10 Å². The number of hydrogen-bond acceptors (Lipinski definition) is 7. The van der Waals surface area contributed by atoms with Gasteiger partial charge in [-0.3, -0.25) is 4.79 Å². The first-order valence-electron chi connectivity index (χ1n) is 9.56. The Kier molecular flexibility index (Phi) is 8.98.